The highest BCUT2D eigenvalue weighted by Crippen LogP contribution is 2.26. The second-order valence-electron chi connectivity index (χ2n) is 8.83. The molecule has 0 bridgehead atoms. The molecule has 1 unspecified atom stereocenters. The fourth-order valence-corrected chi connectivity index (χ4v) is 4.73. The first-order valence-electron chi connectivity index (χ1n) is 12.6. The van der Waals surface area contributed by atoms with E-state index < -0.39 is 6.10 Å². The van der Waals surface area contributed by atoms with Gasteiger partial charge in [0.25, 0.3) is 0 Å². The molecule has 4 heteroatoms. The van der Waals surface area contributed by atoms with Crippen LogP contribution in [-0.2, 0) is 4.74 Å². The highest BCUT2D eigenvalue weighted by molar-refractivity contribution is 5.35. The third kappa shape index (κ3) is 7.61. The Labute approximate surface area is 195 Å². The van der Waals surface area contributed by atoms with Gasteiger partial charge in [0, 0.05) is 26.1 Å². The number of allylic oxidation sites excluding steroid dienone is 9. The summed E-state index contributed by atoms with van der Waals surface area (Å²) in [5.74, 6) is 1.61. The monoisotopic (exact) mass is 438 g/mol. The SMILES string of the molecule is CC.OC(CCN1CCC2=C(CC=CC=C2)C1)COC1=CC=C(C2CCNCC2)C=CC1. The number of nitrogens with one attached hydrogen (secondary N) is 1. The van der Waals surface area contributed by atoms with Crippen LogP contribution in [0.5, 0.6) is 0 Å². The number of hydrogen-bond donors (Lipinski definition) is 2. The smallest absolute Gasteiger partial charge is 0.114 e. The van der Waals surface area contributed by atoms with Crippen LogP contribution in [-0.4, -0.2) is 55.4 Å². The van der Waals surface area contributed by atoms with Gasteiger partial charge in [0.05, 0.1) is 11.9 Å². The van der Waals surface area contributed by atoms with E-state index in [2.05, 4.69) is 58.8 Å². The molecule has 4 rings (SSSR count). The van der Waals surface area contributed by atoms with Gasteiger partial charge in [-0.1, -0.05) is 56.4 Å². The van der Waals surface area contributed by atoms with Crippen LogP contribution >= 0.6 is 0 Å². The van der Waals surface area contributed by atoms with E-state index in [1.54, 1.807) is 0 Å². The lowest BCUT2D eigenvalue weighted by Crippen LogP contribution is -2.34. The van der Waals surface area contributed by atoms with Gasteiger partial charge in [-0.05, 0) is 73.9 Å². The lowest BCUT2D eigenvalue weighted by atomic mass is 9.89. The van der Waals surface area contributed by atoms with Gasteiger partial charge >= 0.3 is 0 Å². The van der Waals surface area contributed by atoms with E-state index in [0.717, 1.165) is 64.2 Å². The zero-order chi connectivity index (χ0) is 22.6. The molecule has 0 radical (unpaired) electrons. The minimum atomic E-state index is -0.421. The van der Waals surface area contributed by atoms with Crippen molar-refractivity contribution in [1.82, 2.24) is 10.2 Å². The van der Waals surface area contributed by atoms with Gasteiger partial charge in [-0.25, -0.2) is 0 Å². The number of aliphatic hydroxyl groups is 1. The van der Waals surface area contributed by atoms with Crippen LogP contribution in [0.15, 0.2) is 71.1 Å². The molecule has 2 aliphatic carbocycles. The fraction of sp³-hybridized carbons (Fsp3) is 0.571. The molecule has 176 valence electrons. The Bertz CT molecular complexity index is 766. The molecular weight excluding hydrogens is 396 g/mol. The molecular formula is C28H42N2O2. The summed E-state index contributed by atoms with van der Waals surface area (Å²) in [5, 5.41) is 13.9. The summed E-state index contributed by atoms with van der Waals surface area (Å²) >= 11 is 0. The lowest BCUT2D eigenvalue weighted by Gasteiger charge is -2.30. The summed E-state index contributed by atoms with van der Waals surface area (Å²) < 4.78 is 5.96. The molecule has 4 nitrogen and oxygen atoms in total. The Balaban J connectivity index is 0.00000141. The predicted molar refractivity (Wildman–Crippen MR) is 134 cm³/mol. The molecule has 2 heterocycles. The highest BCUT2D eigenvalue weighted by Gasteiger charge is 2.19. The van der Waals surface area contributed by atoms with Crippen LogP contribution in [0.1, 0.15) is 52.4 Å². The van der Waals surface area contributed by atoms with E-state index in [4.69, 9.17) is 4.74 Å². The second kappa shape index (κ2) is 13.6. The first-order valence-corrected chi connectivity index (χ1v) is 12.6. The Kier molecular flexibility index (Phi) is 10.5. The van der Waals surface area contributed by atoms with E-state index in [9.17, 15) is 5.11 Å². The molecule has 0 saturated carbocycles. The summed E-state index contributed by atoms with van der Waals surface area (Å²) in [5.41, 5.74) is 4.45. The van der Waals surface area contributed by atoms with Crippen molar-refractivity contribution in [3.05, 3.63) is 71.1 Å². The van der Waals surface area contributed by atoms with Gasteiger partial charge in [0.2, 0.25) is 0 Å². The maximum atomic E-state index is 10.5. The van der Waals surface area contributed by atoms with Crippen molar-refractivity contribution in [3.8, 4) is 0 Å². The second-order valence-corrected chi connectivity index (χ2v) is 8.83. The normalized spacial score (nSPS) is 22.7. The van der Waals surface area contributed by atoms with Crippen LogP contribution in [0.4, 0.5) is 0 Å². The molecule has 0 aromatic rings. The van der Waals surface area contributed by atoms with Crippen molar-refractivity contribution in [3.63, 3.8) is 0 Å². The largest absolute Gasteiger partial charge is 0.495 e. The van der Waals surface area contributed by atoms with E-state index in [1.165, 1.54) is 29.6 Å². The van der Waals surface area contributed by atoms with Crippen LogP contribution in [0.25, 0.3) is 0 Å². The van der Waals surface area contributed by atoms with Crippen molar-refractivity contribution in [1.29, 1.82) is 0 Å². The highest BCUT2D eigenvalue weighted by atomic mass is 16.5. The molecule has 2 N–H and O–H groups in total. The predicted octanol–water partition coefficient (Wildman–Crippen LogP) is 5.07. The van der Waals surface area contributed by atoms with E-state index >= 15 is 0 Å². The average Bonchev–Trinajstić information content (AvgIpc) is 3.23. The van der Waals surface area contributed by atoms with Gasteiger partial charge in [-0.15, -0.1) is 0 Å². The Morgan fingerprint density at radius 3 is 2.78 bits per heavy atom. The van der Waals surface area contributed by atoms with Gasteiger partial charge in [0.1, 0.15) is 6.61 Å². The quantitative estimate of drug-likeness (QED) is 0.583. The third-order valence-corrected chi connectivity index (χ3v) is 6.62. The van der Waals surface area contributed by atoms with Crippen molar-refractivity contribution < 1.29 is 9.84 Å². The first-order chi connectivity index (χ1) is 15.8. The third-order valence-electron chi connectivity index (χ3n) is 6.62. The number of hydrogen-bond acceptors (Lipinski definition) is 4. The summed E-state index contributed by atoms with van der Waals surface area (Å²) in [7, 11) is 0. The van der Waals surface area contributed by atoms with Crippen molar-refractivity contribution >= 4 is 0 Å². The fourth-order valence-electron chi connectivity index (χ4n) is 4.73. The number of ether oxygens (including phenoxy) is 1. The zero-order valence-corrected chi connectivity index (χ0v) is 20.1. The number of aliphatic hydroxyl groups excluding tert-OH is 1. The van der Waals surface area contributed by atoms with Gasteiger partial charge in [-0.3, -0.25) is 4.90 Å². The molecule has 2 aliphatic heterocycles. The number of piperidine rings is 1. The van der Waals surface area contributed by atoms with Gasteiger partial charge in [-0.2, -0.15) is 0 Å². The van der Waals surface area contributed by atoms with Gasteiger partial charge in [0.15, 0.2) is 0 Å². The van der Waals surface area contributed by atoms with Crippen LogP contribution in [0.3, 0.4) is 0 Å². The summed E-state index contributed by atoms with van der Waals surface area (Å²) in [6, 6.07) is 0. The average molecular weight is 439 g/mol. The van der Waals surface area contributed by atoms with Crippen molar-refractivity contribution in [2.45, 2.75) is 58.5 Å². The lowest BCUT2D eigenvalue weighted by molar-refractivity contribution is 0.0566. The zero-order valence-electron chi connectivity index (χ0n) is 20.1. The van der Waals surface area contributed by atoms with Crippen molar-refractivity contribution in [2.75, 3.05) is 39.3 Å². The minimum Gasteiger partial charge on any atom is -0.495 e. The van der Waals surface area contributed by atoms with E-state index in [-0.39, 0.29) is 0 Å². The number of rotatable bonds is 7. The van der Waals surface area contributed by atoms with Crippen LogP contribution in [0, 0.1) is 5.92 Å². The molecule has 0 spiro atoms. The number of nitrogens with zero attached hydrogens (tertiary/aromatic N) is 1. The topological polar surface area (TPSA) is 44.7 Å². The van der Waals surface area contributed by atoms with Gasteiger partial charge < -0.3 is 15.2 Å². The Morgan fingerprint density at radius 1 is 1.09 bits per heavy atom. The molecule has 4 aliphatic rings. The molecule has 32 heavy (non-hydrogen) atoms. The maximum Gasteiger partial charge on any atom is 0.114 e. The van der Waals surface area contributed by atoms with E-state index in [1.807, 2.05) is 13.8 Å². The van der Waals surface area contributed by atoms with Crippen LogP contribution in [0.2, 0.25) is 0 Å². The molecule has 1 fully saturated rings. The van der Waals surface area contributed by atoms with Crippen LogP contribution < -0.4 is 5.32 Å². The summed E-state index contributed by atoms with van der Waals surface area (Å²) in [6.07, 6.45) is 23.3. The summed E-state index contributed by atoms with van der Waals surface area (Å²) in [4.78, 5) is 2.47. The molecule has 1 atom stereocenters. The summed E-state index contributed by atoms with van der Waals surface area (Å²) in [6.45, 7) is 9.63. The minimum absolute atomic E-state index is 0.378. The van der Waals surface area contributed by atoms with Crippen molar-refractivity contribution in [2.24, 2.45) is 5.92 Å². The molecule has 0 amide bonds. The van der Waals surface area contributed by atoms with E-state index in [0.29, 0.717) is 12.5 Å². The Hall–Kier alpha value is -1.88. The molecule has 0 aromatic carbocycles. The molecule has 1 saturated heterocycles. The maximum absolute atomic E-state index is 10.5. The Morgan fingerprint density at radius 2 is 1.94 bits per heavy atom. The molecule has 0 aromatic heterocycles. The first kappa shape index (κ1) is 24.8. The standard InChI is InChI=1S/C26H36N2O2.C2H6/c29-25(14-18-28-17-13-22-5-2-1-3-6-24(22)19-28)20-30-26-8-4-7-21(9-10-26)23-11-15-27-16-12-23;1-2/h1-5,7,9-10,23,25,27,29H,6,8,11-20H2;1-2H3.